The number of unbranched alkanes of at least 4 members (excludes halogenated alkanes) is 2. The van der Waals surface area contributed by atoms with Gasteiger partial charge in [0.25, 0.3) is 0 Å². The lowest BCUT2D eigenvalue weighted by Gasteiger charge is -1.96. The van der Waals surface area contributed by atoms with Crippen LogP contribution in [-0.4, -0.2) is 14.3 Å². The van der Waals surface area contributed by atoms with Crippen molar-refractivity contribution in [3.05, 3.63) is 35.9 Å². The highest BCUT2D eigenvalue weighted by molar-refractivity contribution is 7.88. The molecule has 0 saturated heterocycles. The highest BCUT2D eigenvalue weighted by Gasteiger charge is 2.02. The van der Waals surface area contributed by atoms with E-state index >= 15 is 0 Å². The third-order valence-electron chi connectivity index (χ3n) is 1.95. The molecule has 1 aromatic rings. The summed E-state index contributed by atoms with van der Waals surface area (Å²) in [4.78, 5) is 0. The Labute approximate surface area is 109 Å². The number of halogens is 1. The van der Waals surface area contributed by atoms with E-state index in [1.807, 2.05) is 6.07 Å². The molecule has 0 bridgehead atoms. The fourth-order valence-electron chi connectivity index (χ4n) is 1.15. The molecule has 0 unspecified atom stereocenters. The molecule has 98 valence electrons. The quantitative estimate of drug-likeness (QED) is 0.664. The lowest BCUT2D eigenvalue weighted by atomic mass is 10.2. The average molecular weight is 278 g/mol. The van der Waals surface area contributed by atoms with Crippen LogP contribution in [0.3, 0.4) is 0 Å². The molecule has 3 nitrogen and oxygen atoms in total. The second kappa shape index (κ2) is 9.45. The van der Waals surface area contributed by atoms with E-state index in [0.717, 1.165) is 11.4 Å². The van der Waals surface area contributed by atoms with Crippen molar-refractivity contribution in [3.8, 4) is 0 Å². The highest BCUT2D eigenvalue weighted by atomic mass is 35.5. The van der Waals surface area contributed by atoms with Crippen molar-refractivity contribution in [1.29, 1.82) is 0 Å². The minimum absolute atomic E-state index is 0.0894. The fraction of sp³-hybridized carbons (Fsp3) is 0.500. The minimum atomic E-state index is -3.38. The number of sulfonamides is 1. The summed E-state index contributed by atoms with van der Waals surface area (Å²) in [5, 5.41) is 4.84. The maximum atomic E-state index is 10.6. The fourth-order valence-corrected chi connectivity index (χ4v) is 2.00. The standard InChI is InChI=1S/C7H9NO2S.C5H11Cl/c8-11(9,10)6-7-4-2-1-3-5-7;1-2-3-4-5-6/h1-5H,6H2,(H2,8,9,10);2-5H2,1H3. The van der Waals surface area contributed by atoms with Crippen LogP contribution < -0.4 is 5.14 Å². The van der Waals surface area contributed by atoms with Gasteiger partial charge in [0.05, 0.1) is 5.75 Å². The number of hydrogen-bond acceptors (Lipinski definition) is 2. The van der Waals surface area contributed by atoms with E-state index in [-0.39, 0.29) is 5.75 Å². The van der Waals surface area contributed by atoms with E-state index in [9.17, 15) is 8.42 Å². The van der Waals surface area contributed by atoms with Gasteiger partial charge < -0.3 is 0 Å². The predicted molar refractivity (Wildman–Crippen MR) is 73.5 cm³/mol. The third-order valence-corrected chi connectivity index (χ3v) is 2.95. The lowest BCUT2D eigenvalue weighted by molar-refractivity contribution is 0.597. The largest absolute Gasteiger partial charge is 0.228 e. The first-order chi connectivity index (χ1) is 7.99. The Bertz CT molecular complexity index is 375. The van der Waals surface area contributed by atoms with Gasteiger partial charge in [0.1, 0.15) is 0 Å². The molecule has 0 amide bonds. The van der Waals surface area contributed by atoms with Crippen molar-refractivity contribution in [3.63, 3.8) is 0 Å². The summed E-state index contributed by atoms with van der Waals surface area (Å²) in [6, 6.07) is 8.84. The molecule has 0 atom stereocenters. The van der Waals surface area contributed by atoms with Crippen molar-refractivity contribution in [1.82, 2.24) is 0 Å². The molecular weight excluding hydrogens is 258 g/mol. The summed E-state index contributed by atoms with van der Waals surface area (Å²) in [5.74, 6) is 0.738. The van der Waals surface area contributed by atoms with Gasteiger partial charge in [-0.25, -0.2) is 13.6 Å². The molecule has 1 rings (SSSR count). The summed E-state index contributed by atoms with van der Waals surface area (Å²) in [6.07, 6.45) is 3.73. The van der Waals surface area contributed by atoms with E-state index in [2.05, 4.69) is 6.92 Å². The third kappa shape index (κ3) is 11.7. The molecule has 0 aliphatic heterocycles. The SMILES string of the molecule is CCCCCCl.NS(=O)(=O)Cc1ccccc1. The van der Waals surface area contributed by atoms with Crippen LogP contribution in [0, 0.1) is 0 Å². The van der Waals surface area contributed by atoms with Gasteiger partial charge in [0, 0.05) is 5.88 Å². The molecule has 5 heteroatoms. The van der Waals surface area contributed by atoms with E-state index in [0.29, 0.717) is 0 Å². The van der Waals surface area contributed by atoms with E-state index in [4.69, 9.17) is 16.7 Å². The normalized spacial score (nSPS) is 10.5. The molecule has 0 radical (unpaired) electrons. The summed E-state index contributed by atoms with van der Waals surface area (Å²) in [6.45, 7) is 2.17. The monoisotopic (exact) mass is 277 g/mol. The predicted octanol–water partition coefficient (Wildman–Crippen LogP) is 2.89. The second-order valence-corrected chi connectivity index (χ2v) is 5.68. The number of nitrogens with two attached hydrogens (primary N) is 1. The van der Waals surface area contributed by atoms with Crippen molar-refractivity contribution in [2.24, 2.45) is 5.14 Å². The number of hydrogen-bond donors (Lipinski definition) is 1. The van der Waals surface area contributed by atoms with Gasteiger partial charge >= 0.3 is 0 Å². The van der Waals surface area contributed by atoms with Gasteiger partial charge in [0.15, 0.2) is 0 Å². The first-order valence-electron chi connectivity index (χ1n) is 5.60. The number of benzene rings is 1. The van der Waals surface area contributed by atoms with Gasteiger partial charge in [-0.2, -0.15) is 0 Å². The summed E-state index contributed by atoms with van der Waals surface area (Å²) < 4.78 is 21.2. The molecule has 1 aromatic carbocycles. The maximum Gasteiger partial charge on any atom is 0.213 e. The Hall–Kier alpha value is -0.580. The van der Waals surface area contributed by atoms with Crippen LogP contribution in [-0.2, 0) is 15.8 Å². The summed E-state index contributed by atoms with van der Waals surface area (Å²) >= 11 is 5.38. The molecule has 2 N–H and O–H groups in total. The zero-order valence-corrected chi connectivity index (χ0v) is 11.7. The topological polar surface area (TPSA) is 60.2 Å². The summed E-state index contributed by atoms with van der Waals surface area (Å²) in [5.41, 5.74) is 0.718. The van der Waals surface area contributed by atoms with Crippen molar-refractivity contribution in [2.45, 2.75) is 31.9 Å². The van der Waals surface area contributed by atoms with Crippen molar-refractivity contribution >= 4 is 21.6 Å². The number of primary sulfonamides is 1. The Kier molecular flexibility index (Phi) is 9.13. The Morgan fingerprint density at radius 3 is 2.12 bits per heavy atom. The first-order valence-corrected chi connectivity index (χ1v) is 7.85. The van der Waals surface area contributed by atoms with Crippen LogP contribution in [0.25, 0.3) is 0 Å². The zero-order chi connectivity index (χ0) is 13.1. The van der Waals surface area contributed by atoms with Crippen molar-refractivity contribution in [2.75, 3.05) is 5.88 Å². The lowest BCUT2D eigenvalue weighted by Crippen LogP contribution is -2.14. The van der Waals surface area contributed by atoms with Crippen LogP contribution in [0.4, 0.5) is 0 Å². The van der Waals surface area contributed by atoms with E-state index in [1.165, 1.54) is 19.3 Å². The number of alkyl halides is 1. The van der Waals surface area contributed by atoms with Crippen LogP contribution in [0.2, 0.25) is 0 Å². The van der Waals surface area contributed by atoms with Crippen molar-refractivity contribution < 1.29 is 8.42 Å². The van der Waals surface area contributed by atoms with E-state index < -0.39 is 10.0 Å². The molecule has 0 fully saturated rings. The van der Waals surface area contributed by atoms with Crippen LogP contribution in [0.15, 0.2) is 30.3 Å². The second-order valence-electron chi connectivity index (χ2n) is 3.69. The molecular formula is C12H20ClNO2S. The minimum Gasteiger partial charge on any atom is -0.228 e. The molecule has 17 heavy (non-hydrogen) atoms. The highest BCUT2D eigenvalue weighted by Crippen LogP contribution is 2.01. The Morgan fingerprint density at radius 2 is 1.76 bits per heavy atom. The van der Waals surface area contributed by atoms with Gasteiger partial charge in [-0.05, 0) is 12.0 Å². The van der Waals surface area contributed by atoms with Gasteiger partial charge in [0.2, 0.25) is 10.0 Å². The molecule has 0 aliphatic carbocycles. The van der Waals surface area contributed by atoms with Crippen LogP contribution >= 0.6 is 11.6 Å². The Balaban J connectivity index is 0.000000366. The van der Waals surface area contributed by atoms with Crippen LogP contribution in [0.1, 0.15) is 31.7 Å². The maximum absolute atomic E-state index is 10.6. The molecule has 0 aliphatic rings. The first kappa shape index (κ1) is 16.4. The average Bonchev–Trinajstić information content (AvgIpc) is 2.26. The molecule has 0 spiro atoms. The molecule has 0 aromatic heterocycles. The van der Waals surface area contributed by atoms with E-state index in [1.54, 1.807) is 24.3 Å². The Morgan fingerprint density at radius 1 is 1.18 bits per heavy atom. The van der Waals surface area contributed by atoms with Gasteiger partial charge in [-0.3, -0.25) is 0 Å². The number of rotatable bonds is 5. The van der Waals surface area contributed by atoms with Crippen LogP contribution in [0.5, 0.6) is 0 Å². The summed E-state index contributed by atoms with van der Waals surface area (Å²) in [7, 11) is -3.38. The smallest absolute Gasteiger partial charge is 0.213 e. The molecule has 0 saturated carbocycles. The van der Waals surface area contributed by atoms with Gasteiger partial charge in [-0.15, -0.1) is 11.6 Å². The molecule has 0 heterocycles. The van der Waals surface area contributed by atoms with Gasteiger partial charge in [-0.1, -0.05) is 50.1 Å². The zero-order valence-electron chi connectivity index (χ0n) is 10.1.